The second-order valence-electron chi connectivity index (χ2n) is 13.2. The molecule has 2 aliphatic heterocycles. The minimum Gasteiger partial charge on any atom is -0.491 e. The standard InChI is InChI=1S/C46H44N8O4/c1-5-13-39(14-6-1)51-35-52(40-15-7-2-8-16-40)48-45(47-51)37-21-25-43(26-22-37)57-33-31-55-29-30-56-32-34-58-44-27-23-38(24-28-44)46-49-53(41-17-9-3-10-18-41)36-54(50-46)42-19-11-4-12-20-42/h1-28H,29-36H2. The molecule has 0 amide bonds. The fourth-order valence-corrected chi connectivity index (χ4v) is 6.23. The smallest absolute Gasteiger partial charge is 0.199 e. The number of amidine groups is 2. The first-order valence-electron chi connectivity index (χ1n) is 19.3. The van der Waals surface area contributed by atoms with Gasteiger partial charge in [0.1, 0.15) is 38.1 Å². The maximum Gasteiger partial charge on any atom is 0.199 e. The van der Waals surface area contributed by atoms with E-state index in [9.17, 15) is 0 Å². The summed E-state index contributed by atoms with van der Waals surface area (Å²) in [4.78, 5) is 0. The number of para-hydroxylation sites is 4. The van der Waals surface area contributed by atoms with Crippen molar-refractivity contribution in [1.82, 2.24) is 10.9 Å². The van der Waals surface area contributed by atoms with Gasteiger partial charge in [-0.25, -0.2) is 20.0 Å². The molecule has 0 aromatic heterocycles. The summed E-state index contributed by atoms with van der Waals surface area (Å²) in [6, 6.07) is 56.0. The Morgan fingerprint density at radius 2 is 0.655 bits per heavy atom. The monoisotopic (exact) mass is 772 g/mol. The van der Waals surface area contributed by atoms with Crippen LogP contribution >= 0.6 is 0 Å². The minimum absolute atomic E-state index is 0.418. The first-order valence-corrected chi connectivity index (χ1v) is 19.3. The van der Waals surface area contributed by atoms with Gasteiger partial charge in [0.2, 0.25) is 0 Å². The second kappa shape index (κ2) is 19.2. The first-order chi connectivity index (χ1) is 28.7. The van der Waals surface area contributed by atoms with E-state index in [1.54, 1.807) is 0 Å². The van der Waals surface area contributed by atoms with Crippen molar-refractivity contribution in [2.45, 2.75) is 0 Å². The normalized spacial score (nSPS) is 13.9. The highest BCUT2D eigenvalue weighted by Crippen LogP contribution is 2.25. The zero-order valence-electron chi connectivity index (χ0n) is 32.0. The average molecular weight is 773 g/mol. The molecule has 0 saturated heterocycles. The highest BCUT2D eigenvalue weighted by Gasteiger charge is 2.25. The summed E-state index contributed by atoms with van der Waals surface area (Å²) in [6.07, 6.45) is 0. The Labute approximate surface area is 339 Å². The summed E-state index contributed by atoms with van der Waals surface area (Å²) in [5.41, 5.74) is 15.5. The molecule has 2 heterocycles. The third-order valence-corrected chi connectivity index (χ3v) is 9.20. The molecule has 6 aromatic rings. The maximum atomic E-state index is 5.93. The Kier molecular flexibility index (Phi) is 12.6. The Balaban J connectivity index is 0.737. The Bertz CT molecular complexity index is 2050. The highest BCUT2D eigenvalue weighted by molar-refractivity contribution is 6.01. The van der Waals surface area contributed by atoms with Gasteiger partial charge in [-0.05, 0) is 97.1 Å². The fourth-order valence-electron chi connectivity index (χ4n) is 6.23. The van der Waals surface area contributed by atoms with Gasteiger partial charge in [-0.15, -0.1) is 21.1 Å². The number of hydrogen-bond donors (Lipinski definition) is 0. The quantitative estimate of drug-likeness (QED) is 0.0879. The van der Waals surface area contributed by atoms with E-state index >= 15 is 0 Å². The van der Waals surface area contributed by atoms with E-state index in [4.69, 9.17) is 40.0 Å². The van der Waals surface area contributed by atoms with Crippen LogP contribution in [0.4, 0.5) is 22.7 Å². The zero-order valence-corrected chi connectivity index (χ0v) is 32.0. The van der Waals surface area contributed by atoms with Crippen molar-refractivity contribution in [3.63, 3.8) is 0 Å². The third-order valence-electron chi connectivity index (χ3n) is 9.20. The van der Waals surface area contributed by atoms with Crippen molar-refractivity contribution in [2.24, 2.45) is 10.2 Å². The van der Waals surface area contributed by atoms with Crippen LogP contribution < -0.4 is 40.4 Å². The van der Waals surface area contributed by atoms with Gasteiger partial charge in [0.05, 0.1) is 49.2 Å². The number of benzene rings is 6. The van der Waals surface area contributed by atoms with Gasteiger partial charge in [0, 0.05) is 11.1 Å². The Hall–Kier alpha value is -7.02. The number of hydrazone groups is 2. The molecule has 0 bridgehead atoms. The van der Waals surface area contributed by atoms with Crippen LogP contribution in [0.5, 0.6) is 11.5 Å². The van der Waals surface area contributed by atoms with Gasteiger partial charge in [0.25, 0.3) is 0 Å². The lowest BCUT2D eigenvalue weighted by molar-refractivity contribution is 0.0273. The molecule has 58 heavy (non-hydrogen) atoms. The number of nitrogens with zero attached hydrogens (tertiary/aromatic N) is 8. The van der Waals surface area contributed by atoms with Crippen LogP contribution in [0.2, 0.25) is 0 Å². The van der Waals surface area contributed by atoms with Crippen LogP contribution in [0.1, 0.15) is 11.1 Å². The summed E-state index contributed by atoms with van der Waals surface area (Å²) < 4.78 is 23.3. The molecular weight excluding hydrogens is 729 g/mol. The molecule has 0 spiro atoms. The molecule has 0 N–H and O–H groups in total. The van der Waals surface area contributed by atoms with E-state index in [1.165, 1.54) is 0 Å². The van der Waals surface area contributed by atoms with E-state index in [0.717, 1.165) is 45.4 Å². The van der Waals surface area contributed by atoms with E-state index in [-0.39, 0.29) is 0 Å². The lowest BCUT2D eigenvalue weighted by atomic mass is 10.2. The maximum absolute atomic E-state index is 5.93. The van der Waals surface area contributed by atoms with Crippen molar-refractivity contribution < 1.29 is 18.9 Å². The van der Waals surface area contributed by atoms with Gasteiger partial charge < -0.3 is 18.9 Å². The average Bonchev–Trinajstić information content (AvgIpc) is 3.31. The number of hydrogen-bond acceptors (Lipinski definition) is 10. The third kappa shape index (κ3) is 10.0. The van der Waals surface area contributed by atoms with Crippen LogP contribution in [-0.4, -0.2) is 64.6 Å². The largest absolute Gasteiger partial charge is 0.491 e. The van der Waals surface area contributed by atoms with E-state index < -0.39 is 0 Å². The number of rotatable bonds is 17. The Morgan fingerprint density at radius 3 is 1.00 bits per heavy atom. The van der Waals surface area contributed by atoms with Crippen molar-refractivity contribution in [1.29, 1.82) is 0 Å². The molecule has 2 radical (unpaired) electrons. The van der Waals surface area contributed by atoms with Crippen molar-refractivity contribution in [3.8, 4) is 11.5 Å². The minimum atomic E-state index is 0.418. The summed E-state index contributed by atoms with van der Waals surface area (Å²) in [7, 11) is 0. The molecule has 0 fully saturated rings. The predicted molar refractivity (Wildman–Crippen MR) is 228 cm³/mol. The molecule has 292 valence electrons. The van der Waals surface area contributed by atoms with Crippen LogP contribution in [0.25, 0.3) is 0 Å². The van der Waals surface area contributed by atoms with Crippen molar-refractivity contribution >= 4 is 34.4 Å². The molecule has 2 aliphatic rings. The number of anilines is 4. The van der Waals surface area contributed by atoms with Crippen molar-refractivity contribution in [2.75, 3.05) is 73.0 Å². The molecule has 12 nitrogen and oxygen atoms in total. The van der Waals surface area contributed by atoms with Crippen LogP contribution in [0.15, 0.2) is 180 Å². The molecular formula is C46H44N8O4. The summed E-state index contributed by atoms with van der Waals surface area (Å²) in [5, 5.41) is 17.5. The lowest BCUT2D eigenvalue weighted by Gasteiger charge is -2.34. The predicted octanol–water partition coefficient (Wildman–Crippen LogP) is 7.51. The lowest BCUT2D eigenvalue weighted by Crippen LogP contribution is -2.48. The van der Waals surface area contributed by atoms with Gasteiger partial charge in [-0.1, -0.05) is 72.8 Å². The summed E-state index contributed by atoms with van der Waals surface area (Å²) in [6.45, 7) is 3.65. The molecule has 0 saturated carbocycles. The van der Waals surface area contributed by atoms with E-state index in [1.807, 2.05) is 190 Å². The topological polar surface area (TPSA) is 103 Å². The fraction of sp³-hybridized carbons (Fsp3) is 0.174. The van der Waals surface area contributed by atoms with E-state index in [0.29, 0.717) is 64.6 Å². The summed E-state index contributed by atoms with van der Waals surface area (Å²) >= 11 is 0. The number of ether oxygens (including phenoxy) is 4. The van der Waals surface area contributed by atoms with Gasteiger partial charge >= 0.3 is 0 Å². The van der Waals surface area contributed by atoms with Gasteiger partial charge in [-0.3, -0.25) is 0 Å². The molecule has 8 rings (SSSR count). The first kappa shape index (κ1) is 37.9. The SMILES string of the molecule is c1ccc(N2CN(c3ccccc3)N=C(c3ccc(OCCOCCOCCOc4ccc(C5=NN(c6ccccc6)CN(c6ccccc6)[N]5)cc4)cc3)[N]2)cc1. The molecule has 6 aromatic carbocycles. The second-order valence-corrected chi connectivity index (χ2v) is 13.2. The highest BCUT2D eigenvalue weighted by atomic mass is 16.6. The van der Waals surface area contributed by atoms with Crippen LogP contribution in [-0.2, 0) is 9.47 Å². The van der Waals surface area contributed by atoms with Gasteiger partial charge in [0.15, 0.2) is 11.7 Å². The van der Waals surface area contributed by atoms with Gasteiger partial charge in [-0.2, -0.15) is 0 Å². The zero-order chi connectivity index (χ0) is 39.2. The molecule has 0 unspecified atom stereocenters. The van der Waals surface area contributed by atoms with Crippen LogP contribution in [0, 0.1) is 0 Å². The molecule has 12 heteroatoms. The molecule has 0 aliphatic carbocycles. The van der Waals surface area contributed by atoms with Crippen LogP contribution in [0.3, 0.4) is 0 Å². The summed E-state index contributed by atoms with van der Waals surface area (Å²) in [5.74, 6) is 2.72. The molecule has 0 atom stereocenters. The van der Waals surface area contributed by atoms with Crippen molar-refractivity contribution in [3.05, 3.63) is 181 Å². The van der Waals surface area contributed by atoms with E-state index in [2.05, 4.69) is 0 Å². The Morgan fingerprint density at radius 1 is 0.345 bits per heavy atom.